The van der Waals surface area contributed by atoms with Gasteiger partial charge in [0, 0.05) is 12.6 Å². The van der Waals surface area contributed by atoms with Crippen molar-refractivity contribution in [3.8, 4) is 5.75 Å². The van der Waals surface area contributed by atoms with E-state index in [1.54, 1.807) is 17.9 Å². The zero-order valence-corrected chi connectivity index (χ0v) is 16.8. The second-order valence-corrected chi connectivity index (χ2v) is 9.00. The van der Waals surface area contributed by atoms with Crippen LogP contribution in [0.3, 0.4) is 0 Å². The Labute approximate surface area is 160 Å². The summed E-state index contributed by atoms with van der Waals surface area (Å²) in [6, 6.07) is 4.40. The lowest BCUT2D eigenvalue weighted by molar-refractivity contribution is -0.133. The third kappa shape index (κ3) is 5.93. The summed E-state index contributed by atoms with van der Waals surface area (Å²) in [5.74, 6) is -0.586. The molecule has 1 aliphatic rings. The summed E-state index contributed by atoms with van der Waals surface area (Å²) >= 11 is 0. The van der Waals surface area contributed by atoms with Gasteiger partial charge >= 0.3 is 5.97 Å². The van der Waals surface area contributed by atoms with E-state index in [9.17, 15) is 18.0 Å². The molecule has 1 aromatic rings. The molecule has 8 nitrogen and oxygen atoms in total. The zero-order valence-electron chi connectivity index (χ0n) is 16.0. The van der Waals surface area contributed by atoms with Gasteiger partial charge in [-0.15, -0.1) is 0 Å². The molecule has 0 saturated carbocycles. The van der Waals surface area contributed by atoms with Crippen molar-refractivity contribution in [2.45, 2.75) is 24.7 Å². The number of amides is 1. The quantitative estimate of drug-likeness (QED) is 0.372. The minimum absolute atomic E-state index is 0.00958. The Bertz CT molecular complexity index is 792. The fourth-order valence-electron chi connectivity index (χ4n) is 2.74. The zero-order chi connectivity index (χ0) is 20.0. The van der Waals surface area contributed by atoms with Crippen LogP contribution in [-0.4, -0.2) is 71.2 Å². The van der Waals surface area contributed by atoms with Gasteiger partial charge < -0.3 is 19.9 Å². The molecule has 27 heavy (non-hydrogen) atoms. The van der Waals surface area contributed by atoms with E-state index in [4.69, 9.17) is 4.74 Å². The fraction of sp³-hybridized carbons (Fsp3) is 0.556. The first-order valence-corrected chi connectivity index (χ1v) is 10.6. The SMILES string of the molecule is CCS(=O)(=O)c1ccc2c(c1)OC(=O)CN2CC(=O)NCCCCN(C)C. The largest absolute Gasteiger partial charge is 0.423 e. The van der Waals surface area contributed by atoms with Crippen LogP contribution in [-0.2, 0) is 19.4 Å². The summed E-state index contributed by atoms with van der Waals surface area (Å²) in [7, 11) is 0.599. The normalized spacial score (nSPS) is 14.1. The molecule has 1 N–H and O–H groups in total. The predicted molar refractivity (Wildman–Crippen MR) is 103 cm³/mol. The molecule has 0 saturated heterocycles. The molecule has 0 aliphatic carbocycles. The van der Waals surface area contributed by atoms with Crippen LogP contribution in [0.2, 0.25) is 0 Å². The van der Waals surface area contributed by atoms with Gasteiger partial charge in [0.05, 0.1) is 22.9 Å². The monoisotopic (exact) mass is 397 g/mol. The average Bonchev–Trinajstić information content (AvgIpc) is 2.60. The number of fused-ring (bicyclic) bond motifs is 1. The number of hydrogen-bond donors (Lipinski definition) is 1. The minimum atomic E-state index is -3.41. The van der Waals surface area contributed by atoms with Gasteiger partial charge in [0.1, 0.15) is 6.54 Å². The van der Waals surface area contributed by atoms with Gasteiger partial charge in [-0.1, -0.05) is 6.92 Å². The Kier molecular flexibility index (Phi) is 7.20. The number of benzene rings is 1. The van der Waals surface area contributed by atoms with Crippen LogP contribution >= 0.6 is 0 Å². The number of esters is 1. The summed E-state index contributed by atoms with van der Waals surface area (Å²) in [6.07, 6.45) is 1.86. The summed E-state index contributed by atoms with van der Waals surface area (Å²) in [5.41, 5.74) is 0.535. The second-order valence-electron chi connectivity index (χ2n) is 6.72. The summed E-state index contributed by atoms with van der Waals surface area (Å²) < 4.78 is 29.2. The lowest BCUT2D eigenvalue weighted by Crippen LogP contribution is -2.43. The van der Waals surface area contributed by atoms with E-state index in [-0.39, 0.29) is 35.4 Å². The molecule has 1 aliphatic heterocycles. The van der Waals surface area contributed by atoms with Crippen molar-refractivity contribution in [3.05, 3.63) is 18.2 Å². The highest BCUT2D eigenvalue weighted by Crippen LogP contribution is 2.34. The highest BCUT2D eigenvalue weighted by molar-refractivity contribution is 7.91. The lowest BCUT2D eigenvalue weighted by atomic mass is 10.2. The standard InChI is InChI=1S/C18H27N3O5S/c1-4-27(24,25)14-7-8-15-16(11-14)26-18(23)13-21(15)12-17(22)19-9-5-6-10-20(2)3/h7-8,11H,4-6,9-10,12-13H2,1-3H3,(H,19,22). The fourth-order valence-corrected chi connectivity index (χ4v) is 3.64. The summed E-state index contributed by atoms with van der Waals surface area (Å²) in [4.78, 5) is 27.8. The molecule has 0 spiro atoms. The number of anilines is 1. The van der Waals surface area contributed by atoms with Crippen molar-refractivity contribution in [3.63, 3.8) is 0 Å². The van der Waals surface area contributed by atoms with Crippen LogP contribution in [0, 0.1) is 0 Å². The first-order valence-electron chi connectivity index (χ1n) is 8.97. The highest BCUT2D eigenvalue weighted by atomic mass is 32.2. The molecule has 0 radical (unpaired) electrons. The number of rotatable bonds is 9. The number of carbonyl (C=O) groups excluding carboxylic acids is 2. The van der Waals surface area contributed by atoms with Crippen molar-refractivity contribution in [2.24, 2.45) is 0 Å². The van der Waals surface area contributed by atoms with Crippen molar-refractivity contribution < 1.29 is 22.7 Å². The molecule has 0 aromatic heterocycles. The number of nitrogens with zero attached hydrogens (tertiary/aromatic N) is 2. The molecule has 0 unspecified atom stereocenters. The Morgan fingerprint density at radius 1 is 1.30 bits per heavy atom. The van der Waals surface area contributed by atoms with Crippen LogP contribution in [0.15, 0.2) is 23.1 Å². The molecule has 1 aromatic carbocycles. The van der Waals surface area contributed by atoms with Crippen molar-refractivity contribution in [1.29, 1.82) is 0 Å². The molecule has 0 fully saturated rings. The molecular formula is C18H27N3O5S. The smallest absolute Gasteiger partial charge is 0.331 e. The lowest BCUT2D eigenvalue weighted by Gasteiger charge is -2.29. The predicted octanol–water partition coefficient (Wildman–Crippen LogP) is 0.664. The van der Waals surface area contributed by atoms with Crippen LogP contribution in [0.1, 0.15) is 19.8 Å². The Hall–Kier alpha value is -2.13. The number of carbonyl (C=O) groups is 2. The van der Waals surface area contributed by atoms with Crippen LogP contribution in [0.5, 0.6) is 5.75 Å². The van der Waals surface area contributed by atoms with Gasteiger partial charge in [-0.05, 0) is 45.6 Å². The third-order valence-corrected chi connectivity index (χ3v) is 5.98. The van der Waals surface area contributed by atoms with Crippen molar-refractivity contribution in [1.82, 2.24) is 10.2 Å². The Morgan fingerprint density at radius 2 is 2.04 bits per heavy atom. The van der Waals surface area contributed by atoms with Crippen molar-refractivity contribution >= 4 is 27.4 Å². The van der Waals surface area contributed by atoms with E-state index >= 15 is 0 Å². The van der Waals surface area contributed by atoms with Gasteiger partial charge in [0.15, 0.2) is 15.6 Å². The first-order chi connectivity index (χ1) is 12.7. The summed E-state index contributed by atoms with van der Waals surface area (Å²) in [5, 5.41) is 2.85. The number of ether oxygens (including phenoxy) is 1. The third-order valence-electron chi connectivity index (χ3n) is 4.24. The maximum atomic E-state index is 12.2. The Morgan fingerprint density at radius 3 is 2.70 bits per heavy atom. The van der Waals surface area contributed by atoms with Gasteiger partial charge in [-0.3, -0.25) is 4.79 Å². The number of unbranched alkanes of at least 4 members (excludes halogenated alkanes) is 1. The summed E-state index contributed by atoms with van der Waals surface area (Å²) in [6.45, 7) is 3.04. The number of sulfone groups is 1. The second kappa shape index (κ2) is 9.18. The molecule has 0 atom stereocenters. The average molecular weight is 397 g/mol. The van der Waals surface area contributed by atoms with E-state index < -0.39 is 15.8 Å². The van der Waals surface area contributed by atoms with Crippen molar-refractivity contribution in [2.75, 3.05) is 50.9 Å². The van der Waals surface area contributed by atoms with Crippen LogP contribution in [0.4, 0.5) is 5.69 Å². The molecule has 9 heteroatoms. The topological polar surface area (TPSA) is 96.0 Å². The number of hydrogen-bond acceptors (Lipinski definition) is 7. The molecule has 0 bridgehead atoms. The minimum Gasteiger partial charge on any atom is -0.423 e. The van der Waals surface area contributed by atoms with E-state index in [1.807, 2.05) is 14.1 Å². The molecule has 150 valence electrons. The van der Waals surface area contributed by atoms with E-state index in [2.05, 4.69) is 10.2 Å². The molecule has 2 rings (SSSR count). The van der Waals surface area contributed by atoms with E-state index in [0.29, 0.717) is 12.2 Å². The van der Waals surface area contributed by atoms with E-state index in [1.165, 1.54) is 12.1 Å². The van der Waals surface area contributed by atoms with Crippen LogP contribution in [0.25, 0.3) is 0 Å². The van der Waals surface area contributed by atoms with Gasteiger partial charge in [0.2, 0.25) is 5.91 Å². The maximum absolute atomic E-state index is 12.2. The van der Waals surface area contributed by atoms with Gasteiger partial charge in [-0.25, -0.2) is 13.2 Å². The molecular weight excluding hydrogens is 370 g/mol. The first kappa shape index (κ1) is 21.2. The van der Waals surface area contributed by atoms with Gasteiger partial charge in [0.25, 0.3) is 0 Å². The Balaban J connectivity index is 2.01. The number of nitrogens with one attached hydrogen (secondary N) is 1. The van der Waals surface area contributed by atoms with Crippen LogP contribution < -0.4 is 15.0 Å². The van der Waals surface area contributed by atoms with E-state index in [0.717, 1.165) is 19.4 Å². The molecule has 1 amide bonds. The van der Waals surface area contributed by atoms with Gasteiger partial charge in [-0.2, -0.15) is 0 Å². The molecule has 1 heterocycles. The maximum Gasteiger partial charge on any atom is 0.331 e. The highest BCUT2D eigenvalue weighted by Gasteiger charge is 2.27.